The Balaban J connectivity index is 0.00000231. The van der Waals surface area contributed by atoms with Crippen LogP contribution in [0, 0.1) is 11.3 Å². The second kappa shape index (κ2) is 8.95. The lowest BCUT2D eigenvalue weighted by atomic mass is 9.76. The quantitative estimate of drug-likeness (QED) is 0.509. The first-order valence-corrected chi connectivity index (χ1v) is 11.4. The van der Waals surface area contributed by atoms with E-state index in [4.69, 9.17) is 4.74 Å². The summed E-state index contributed by atoms with van der Waals surface area (Å²) >= 11 is 0. The first-order chi connectivity index (χ1) is 14.6. The lowest BCUT2D eigenvalue weighted by molar-refractivity contribution is -0.152. The Labute approximate surface area is 191 Å². The summed E-state index contributed by atoms with van der Waals surface area (Å²) in [6, 6.07) is 6.41. The minimum absolute atomic E-state index is 0. The summed E-state index contributed by atoms with van der Waals surface area (Å²) in [7, 11) is 1.76. The van der Waals surface area contributed by atoms with Gasteiger partial charge in [-0.05, 0) is 42.2 Å². The normalized spacial score (nSPS) is 27.1. The molecule has 4 aliphatic rings. The van der Waals surface area contributed by atoms with Crippen molar-refractivity contribution in [2.45, 2.75) is 50.9 Å². The van der Waals surface area contributed by atoms with Gasteiger partial charge >= 0.3 is 0 Å². The molecule has 2 amide bonds. The Morgan fingerprint density at radius 2 is 1.77 bits per heavy atom. The summed E-state index contributed by atoms with van der Waals surface area (Å²) < 4.78 is 5.62. The molecule has 2 aliphatic heterocycles. The van der Waals surface area contributed by atoms with Gasteiger partial charge in [0.05, 0.1) is 7.11 Å². The predicted octanol–water partition coefficient (Wildman–Crippen LogP) is 3.95. The molecule has 1 aromatic rings. The minimum Gasteiger partial charge on any atom is -0.496 e. The van der Waals surface area contributed by atoms with Gasteiger partial charge < -0.3 is 4.74 Å². The van der Waals surface area contributed by atoms with Gasteiger partial charge in [0.25, 0.3) is 0 Å². The zero-order chi connectivity index (χ0) is 20.7. The molecule has 2 atom stereocenters. The fraction of sp³-hybridized carbons (Fsp3) is 0.600. The van der Waals surface area contributed by atoms with E-state index in [1.807, 2.05) is 6.08 Å². The lowest BCUT2D eigenvalue weighted by Gasteiger charge is -2.36. The van der Waals surface area contributed by atoms with Gasteiger partial charge in [0.15, 0.2) is 0 Å². The average Bonchev–Trinajstić information content (AvgIpc) is 3.41. The van der Waals surface area contributed by atoms with Gasteiger partial charge in [0, 0.05) is 50.5 Å². The Bertz CT molecular complexity index is 858. The van der Waals surface area contributed by atoms with Crippen LogP contribution < -0.4 is 4.74 Å². The number of piperidine rings is 1. The number of nitrogens with zero attached hydrogens (tertiary/aromatic N) is 2. The molecule has 31 heavy (non-hydrogen) atoms. The van der Waals surface area contributed by atoms with Crippen LogP contribution in [0.2, 0.25) is 0 Å². The van der Waals surface area contributed by atoms with Crippen molar-refractivity contribution in [2.75, 3.05) is 33.3 Å². The van der Waals surface area contributed by atoms with E-state index >= 15 is 0 Å². The maximum absolute atomic E-state index is 12.6. The number of benzene rings is 1. The molecule has 1 saturated carbocycles. The Hall–Kier alpha value is -1.85. The van der Waals surface area contributed by atoms with Gasteiger partial charge in [-0.3, -0.25) is 19.4 Å². The molecule has 0 unspecified atom stereocenters. The second-order valence-corrected chi connectivity index (χ2v) is 9.75. The Morgan fingerprint density at radius 3 is 2.48 bits per heavy atom. The zero-order valence-electron chi connectivity index (χ0n) is 18.3. The summed E-state index contributed by atoms with van der Waals surface area (Å²) in [5.41, 5.74) is 2.84. The molecule has 0 aromatic heterocycles. The van der Waals surface area contributed by atoms with Crippen molar-refractivity contribution in [3.8, 4) is 5.75 Å². The molecule has 0 radical (unpaired) electrons. The number of imide groups is 1. The molecule has 0 bridgehead atoms. The van der Waals surface area contributed by atoms with Crippen molar-refractivity contribution in [1.29, 1.82) is 0 Å². The smallest absolute Gasteiger partial charge is 0.230 e. The molecule has 2 saturated heterocycles. The summed E-state index contributed by atoms with van der Waals surface area (Å²) in [6.07, 6.45) is 10.8. The highest BCUT2D eigenvalue weighted by atomic mass is 35.5. The molecule has 0 N–H and O–H groups in total. The van der Waals surface area contributed by atoms with E-state index in [9.17, 15) is 9.59 Å². The topological polar surface area (TPSA) is 49.9 Å². The first kappa shape index (κ1) is 22.3. The highest BCUT2D eigenvalue weighted by Gasteiger charge is 2.45. The molecule has 3 fully saturated rings. The van der Waals surface area contributed by atoms with Gasteiger partial charge in [0.1, 0.15) is 5.75 Å². The number of fused-ring (bicyclic) bond motifs is 3. The van der Waals surface area contributed by atoms with Crippen LogP contribution in [0.3, 0.4) is 0 Å². The van der Waals surface area contributed by atoms with Crippen LogP contribution in [-0.4, -0.2) is 54.9 Å². The number of rotatable bonds is 5. The van der Waals surface area contributed by atoms with E-state index in [-0.39, 0.29) is 29.6 Å². The van der Waals surface area contributed by atoms with Crippen molar-refractivity contribution >= 4 is 24.2 Å². The van der Waals surface area contributed by atoms with E-state index in [0.29, 0.717) is 31.2 Å². The number of methoxy groups -OCH3 is 1. The van der Waals surface area contributed by atoms with Crippen LogP contribution in [0.5, 0.6) is 5.75 Å². The molecule has 5 nitrogen and oxygen atoms in total. The molecule has 168 valence electrons. The van der Waals surface area contributed by atoms with Crippen LogP contribution in [0.25, 0.3) is 0 Å². The van der Waals surface area contributed by atoms with Crippen LogP contribution in [0.15, 0.2) is 30.4 Å². The standard InChI is InChI=1S/C25H32N2O3.ClH/c1-30-21-8-6-7-18-13-19-16-26(17-20(19)24(18)21)11-4-5-12-27-22(28)14-25(15-23(27)29)9-2-3-10-25;/h4-8,19-20H,2-3,9-17H2,1H3;1H/t19-,20-;/m0./s1. The number of likely N-dealkylation sites (tertiary alicyclic amines) is 2. The van der Waals surface area contributed by atoms with Crippen molar-refractivity contribution in [3.05, 3.63) is 41.5 Å². The van der Waals surface area contributed by atoms with Crippen molar-refractivity contribution < 1.29 is 14.3 Å². The maximum atomic E-state index is 12.6. The minimum atomic E-state index is -0.0148. The van der Waals surface area contributed by atoms with Crippen LogP contribution >= 0.6 is 12.4 Å². The third kappa shape index (κ3) is 4.14. The van der Waals surface area contributed by atoms with Crippen molar-refractivity contribution in [2.24, 2.45) is 11.3 Å². The monoisotopic (exact) mass is 444 g/mol. The highest BCUT2D eigenvalue weighted by molar-refractivity contribution is 5.98. The number of carbonyl (C=O) groups is 2. The van der Waals surface area contributed by atoms with E-state index in [2.05, 4.69) is 29.2 Å². The lowest BCUT2D eigenvalue weighted by Crippen LogP contribution is -2.47. The maximum Gasteiger partial charge on any atom is 0.230 e. The molecule has 1 spiro atoms. The molecular formula is C25H33ClN2O3. The van der Waals surface area contributed by atoms with Gasteiger partial charge in [-0.2, -0.15) is 0 Å². The number of hydrogen-bond acceptors (Lipinski definition) is 4. The SMILES string of the molecule is COc1cccc2c1[C@H]1CN(CC=CCN3C(=O)CC4(CCCC4)CC3=O)C[C@@H]1C2.Cl. The van der Waals surface area contributed by atoms with Crippen LogP contribution in [0.1, 0.15) is 55.6 Å². The molecular weight excluding hydrogens is 412 g/mol. The fourth-order valence-electron chi connectivity index (χ4n) is 6.41. The van der Waals surface area contributed by atoms with E-state index < -0.39 is 0 Å². The van der Waals surface area contributed by atoms with Crippen LogP contribution in [-0.2, 0) is 16.0 Å². The van der Waals surface area contributed by atoms with Crippen molar-refractivity contribution in [3.63, 3.8) is 0 Å². The molecule has 5 rings (SSSR count). The number of amides is 2. The van der Waals surface area contributed by atoms with Gasteiger partial charge in [0.2, 0.25) is 11.8 Å². The largest absolute Gasteiger partial charge is 0.496 e. The first-order valence-electron chi connectivity index (χ1n) is 11.4. The summed E-state index contributed by atoms with van der Waals surface area (Å²) in [5.74, 6) is 2.30. The summed E-state index contributed by atoms with van der Waals surface area (Å²) in [4.78, 5) is 29.1. The number of hydrogen-bond donors (Lipinski definition) is 0. The average molecular weight is 445 g/mol. The Kier molecular flexibility index (Phi) is 6.45. The van der Waals surface area contributed by atoms with Gasteiger partial charge in [-0.1, -0.05) is 37.1 Å². The van der Waals surface area contributed by atoms with Gasteiger partial charge in [-0.15, -0.1) is 12.4 Å². The zero-order valence-corrected chi connectivity index (χ0v) is 19.2. The summed E-state index contributed by atoms with van der Waals surface area (Å²) in [5, 5.41) is 0. The number of carbonyl (C=O) groups excluding carboxylic acids is 2. The fourth-order valence-corrected chi connectivity index (χ4v) is 6.41. The molecule has 2 heterocycles. The molecule has 2 aliphatic carbocycles. The Morgan fingerprint density at radius 1 is 1.06 bits per heavy atom. The van der Waals surface area contributed by atoms with E-state index in [1.54, 1.807) is 7.11 Å². The third-order valence-corrected chi connectivity index (χ3v) is 7.88. The number of halogens is 1. The highest BCUT2D eigenvalue weighted by Crippen LogP contribution is 2.48. The molecule has 1 aromatic carbocycles. The second-order valence-electron chi connectivity index (χ2n) is 9.75. The number of ether oxygens (including phenoxy) is 1. The third-order valence-electron chi connectivity index (χ3n) is 7.88. The summed E-state index contributed by atoms with van der Waals surface area (Å²) in [6.45, 7) is 3.44. The van der Waals surface area contributed by atoms with Crippen molar-refractivity contribution in [1.82, 2.24) is 9.80 Å². The van der Waals surface area contributed by atoms with Gasteiger partial charge in [-0.25, -0.2) is 0 Å². The predicted molar refractivity (Wildman–Crippen MR) is 123 cm³/mol. The molecule has 6 heteroatoms. The van der Waals surface area contributed by atoms with Crippen LogP contribution in [0.4, 0.5) is 0 Å². The van der Waals surface area contributed by atoms with E-state index in [1.165, 1.54) is 16.0 Å². The van der Waals surface area contributed by atoms with E-state index in [0.717, 1.165) is 57.5 Å².